The van der Waals surface area contributed by atoms with E-state index in [1.54, 1.807) is 11.8 Å². The lowest BCUT2D eigenvalue weighted by Crippen LogP contribution is -2.37. The molecule has 1 aliphatic heterocycles. The van der Waals surface area contributed by atoms with Crippen molar-refractivity contribution in [2.75, 3.05) is 13.1 Å². The highest BCUT2D eigenvalue weighted by atomic mass is 32.2. The number of hydrogen-bond acceptors (Lipinski definition) is 2. The molecule has 2 aromatic carbocycles. The molecule has 0 N–H and O–H groups in total. The van der Waals surface area contributed by atoms with Gasteiger partial charge < -0.3 is 4.90 Å². The van der Waals surface area contributed by atoms with E-state index in [0.29, 0.717) is 0 Å². The predicted molar refractivity (Wildman–Crippen MR) is 96.0 cm³/mol. The Kier molecular flexibility index (Phi) is 5.06. The molecule has 0 radical (unpaired) electrons. The van der Waals surface area contributed by atoms with Crippen molar-refractivity contribution in [2.45, 2.75) is 42.4 Å². The van der Waals surface area contributed by atoms with Crippen LogP contribution in [0.3, 0.4) is 0 Å². The summed E-state index contributed by atoms with van der Waals surface area (Å²) in [6.07, 6.45) is 1.99. The molecule has 0 aromatic heterocycles. The molecule has 0 fully saturated rings. The summed E-state index contributed by atoms with van der Waals surface area (Å²) in [4.78, 5) is 17.8. The Labute approximate surface area is 142 Å². The third kappa shape index (κ3) is 3.16. The molecule has 3 rings (SSSR count). The topological polar surface area (TPSA) is 20.3 Å². The summed E-state index contributed by atoms with van der Waals surface area (Å²) >= 11 is 1.77. The van der Waals surface area contributed by atoms with Gasteiger partial charge in [0.05, 0.1) is 5.92 Å². The molecular weight excluding hydrogens is 302 g/mol. The lowest BCUT2D eigenvalue weighted by molar-refractivity contribution is -0.132. The van der Waals surface area contributed by atoms with Crippen LogP contribution in [-0.2, 0) is 4.79 Å². The lowest BCUT2D eigenvalue weighted by Gasteiger charge is -2.32. The van der Waals surface area contributed by atoms with Gasteiger partial charge in [-0.25, -0.2) is 0 Å². The highest BCUT2D eigenvalue weighted by Crippen LogP contribution is 2.46. The van der Waals surface area contributed by atoms with Crippen molar-refractivity contribution in [3.8, 4) is 0 Å². The molecule has 0 saturated carbocycles. The molecule has 1 heterocycles. The zero-order valence-corrected chi connectivity index (χ0v) is 14.6. The summed E-state index contributed by atoms with van der Waals surface area (Å²) in [6.45, 7) is 5.93. The molecule has 0 saturated heterocycles. The highest BCUT2D eigenvalue weighted by molar-refractivity contribution is 7.99. The van der Waals surface area contributed by atoms with Crippen molar-refractivity contribution in [2.24, 2.45) is 0 Å². The molecule has 3 heteroatoms. The van der Waals surface area contributed by atoms with E-state index in [0.717, 1.165) is 37.1 Å². The summed E-state index contributed by atoms with van der Waals surface area (Å²) in [6, 6.07) is 16.7. The van der Waals surface area contributed by atoms with Gasteiger partial charge in [0.2, 0.25) is 5.91 Å². The van der Waals surface area contributed by atoms with Crippen LogP contribution < -0.4 is 0 Å². The van der Waals surface area contributed by atoms with Gasteiger partial charge in [0.25, 0.3) is 0 Å². The minimum atomic E-state index is -0.165. The van der Waals surface area contributed by atoms with Gasteiger partial charge in [-0.15, -0.1) is 0 Å². The summed E-state index contributed by atoms with van der Waals surface area (Å²) < 4.78 is 0. The fourth-order valence-electron chi connectivity index (χ4n) is 3.23. The number of benzene rings is 2. The molecule has 0 spiro atoms. The Balaban J connectivity index is 2.05. The SMILES string of the molecule is CCCN(CCC)C(=O)C1c2ccccc2Sc2ccccc21. The Hall–Kier alpha value is -1.74. The largest absolute Gasteiger partial charge is 0.342 e. The smallest absolute Gasteiger partial charge is 0.234 e. The second-order valence-electron chi connectivity index (χ2n) is 5.94. The van der Waals surface area contributed by atoms with Crippen LogP contribution in [0.5, 0.6) is 0 Å². The predicted octanol–water partition coefficient (Wildman–Crippen LogP) is 4.93. The van der Waals surface area contributed by atoms with E-state index < -0.39 is 0 Å². The third-order valence-electron chi connectivity index (χ3n) is 4.23. The summed E-state index contributed by atoms with van der Waals surface area (Å²) in [7, 11) is 0. The first kappa shape index (κ1) is 16.1. The first-order valence-corrected chi connectivity index (χ1v) is 9.22. The number of carbonyl (C=O) groups is 1. The van der Waals surface area contributed by atoms with E-state index in [1.807, 2.05) is 17.0 Å². The number of carbonyl (C=O) groups excluding carboxylic acids is 1. The molecule has 0 bridgehead atoms. The van der Waals surface area contributed by atoms with Gasteiger partial charge in [0.1, 0.15) is 0 Å². The number of rotatable bonds is 5. The van der Waals surface area contributed by atoms with Gasteiger partial charge in [-0.05, 0) is 36.1 Å². The Morgan fingerprint density at radius 3 is 1.87 bits per heavy atom. The fourth-order valence-corrected chi connectivity index (χ4v) is 4.37. The van der Waals surface area contributed by atoms with E-state index in [-0.39, 0.29) is 11.8 Å². The van der Waals surface area contributed by atoms with Crippen LogP contribution >= 0.6 is 11.8 Å². The molecule has 0 aliphatic carbocycles. The van der Waals surface area contributed by atoms with Crippen LogP contribution in [0, 0.1) is 0 Å². The van der Waals surface area contributed by atoms with Gasteiger partial charge in [-0.2, -0.15) is 0 Å². The van der Waals surface area contributed by atoms with Crippen molar-refractivity contribution in [3.63, 3.8) is 0 Å². The van der Waals surface area contributed by atoms with E-state index >= 15 is 0 Å². The average molecular weight is 325 g/mol. The third-order valence-corrected chi connectivity index (χ3v) is 5.41. The van der Waals surface area contributed by atoms with Gasteiger partial charge in [-0.3, -0.25) is 4.79 Å². The van der Waals surface area contributed by atoms with E-state index in [2.05, 4.69) is 50.2 Å². The standard InChI is InChI=1S/C20H23NOS/c1-3-13-21(14-4-2)20(22)19-15-9-5-7-11-17(15)23-18-12-8-6-10-16(18)19/h5-12,19H,3-4,13-14H2,1-2H3. The maximum atomic E-state index is 13.3. The Bertz CT molecular complexity index is 646. The fraction of sp³-hybridized carbons (Fsp3) is 0.350. The number of nitrogens with zero attached hydrogens (tertiary/aromatic N) is 1. The number of amides is 1. The van der Waals surface area contributed by atoms with E-state index in [1.165, 1.54) is 9.79 Å². The normalized spacial score (nSPS) is 13.3. The van der Waals surface area contributed by atoms with Crippen LogP contribution in [-0.4, -0.2) is 23.9 Å². The molecule has 2 nitrogen and oxygen atoms in total. The molecule has 23 heavy (non-hydrogen) atoms. The molecule has 120 valence electrons. The molecule has 1 aliphatic rings. The summed E-state index contributed by atoms with van der Waals surface area (Å²) in [5.74, 6) is 0.0793. The molecule has 0 atom stereocenters. The zero-order chi connectivity index (χ0) is 16.2. The van der Waals surface area contributed by atoms with Gasteiger partial charge >= 0.3 is 0 Å². The van der Waals surface area contributed by atoms with Crippen LogP contribution in [0.2, 0.25) is 0 Å². The quantitative estimate of drug-likeness (QED) is 0.776. The minimum absolute atomic E-state index is 0.165. The van der Waals surface area contributed by atoms with Crippen molar-refractivity contribution < 1.29 is 4.79 Å². The van der Waals surface area contributed by atoms with E-state index in [4.69, 9.17) is 0 Å². The van der Waals surface area contributed by atoms with Crippen LogP contribution in [0.25, 0.3) is 0 Å². The molecule has 1 amide bonds. The molecule has 0 unspecified atom stereocenters. The van der Waals surface area contributed by atoms with Gasteiger partial charge in [-0.1, -0.05) is 62.0 Å². The average Bonchev–Trinajstić information content (AvgIpc) is 2.59. The second kappa shape index (κ2) is 7.22. The Morgan fingerprint density at radius 1 is 0.913 bits per heavy atom. The van der Waals surface area contributed by atoms with E-state index in [9.17, 15) is 4.79 Å². The Morgan fingerprint density at radius 2 is 1.39 bits per heavy atom. The monoisotopic (exact) mass is 325 g/mol. The first-order valence-electron chi connectivity index (χ1n) is 8.40. The number of fused-ring (bicyclic) bond motifs is 2. The maximum Gasteiger partial charge on any atom is 0.234 e. The number of hydrogen-bond donors (Lipinski definition) is 0. The van der Waals surface area contributed by atoms with Crippen molar-refractivity contribution >= 4 is 17.7 Å². The van der Waals surface area contributed by atoms with Gasteiger partial charge in [0.15, 0.2) is 0 Å². The van der Waals surface area contributed by atoms with Crippen LogP contribution in [0.4, 0.5) is 0 Å². The maximum absolute atomic E-state index is 13.3. The van der Waals surface area contributed by atoms with Gasteiger partial charge in [0, 0.05) is 22.9 Å². The minimum Gasteiger partial charge on any atom is -0.342 e. The second-order valence-corrected chi connectivity index (χ2v) is 7.02. The summed E-state index contributed by atoms with van der Waals surface area (Å²) in [5.41, 5.74) is 2.30. The first-order chi connectivity index (χ1) is 11.3. The lowest BCUT2D eigenvalue weighted by atomic mass is 9.89. The zero-order valence-electron chi connectivity index (χ0n) is 13.8. The van der Waals surface area contributed by atoms with Crippen LogP contribution in [0.1, 0.15) is 43.7 Å². The molecule has 2 aromatic rings. The van der Waals surface area contributed by atoms with Crippen molar-refractivity contribution in [1.82, 2.24) is 4.90 Å². The molecular formula is C20H23NOS. The highest BCUT2D eigenvalue weighted by Gasteiger charge is 2.33. The van der Waals surface area contributed by atoms with Crippen molar-refractivity contribution in [1.29, 1.82) is 0 Å². The van der Waals surface area contributed by atoms with Crippen LogP contribution in [0.15, 0.2) is 58.3 Å². The summed E-state index contributed by atoms with van der Waals surface area (Å²) in [5, 5.41) is 0. The van der Waals surface area contributed by atoms with Crippen molar-refractivity contribution in [3.05, 3.63) is 59.7 Å².